The highest BCUT2D eigenvalue weighted by molar-refractivity contribution is 9.09. The molecule has 0 aromatic rings. The van der Waals surface area contributed by atoms with Crippen molar-refractivity contribution in [1.82, 2.24) is 26.6 Å². The summed E-state index contributed by atoms with van der Waals surface area (Å²) in [4.78, 5) is 125. The molecular formula is C77H136Br3N7O24S3. The largest absolute Gasteiger partial charge is 0.460 e. The first kappa shape index (κ1) is 115. The molecule has 0 spiro atoms. The predicted octanol–water partition coefficient (Wildman–Crippen LogP) is 10.7. The van der Waals surface area contributed by atoms with Crippen LogP contribution >= 0.6 is 72.4 Å². The lowest BCUT2D eigenvalue weighted by molar-refractivity contribution is -0.246. The van der Waals surface area contributed by atoms with E-state index < -0.39 is 99.3 Å². The monoisotopic (exact) mass is 1880 g/mol. The predicted molar refractivity (Wildman–Crippen MR) is 455 cm³/mol. The number of amidine groups is 1. The zero-order valence-electron chi connectivity index (χ0n) is 69.5. The van der Waals surface area contributed by atoms with Crippen molar-refractivity contribution in [1.29, 1.82) is 5.41 Å². The molecule has 0 aromatic heterocycles. The molecule has 0 bridgehead atoms. The number of hydrogen-bond acceptors (Lipinski definition) is 27. The maximum Gasteiger partial charge on any atom is 0.305 e. The van der Waals surface area contributed by atoms with Gasteiger partial charge in [-0.05, 0) is 52.9 Å². The summed E-state index contributed by atoms with van der Waals surface area (Å²) < 4.78 is 86.9. The average molecular weight is 1880 g/mol. The Bertz CT molecular complexity index is 3160. The maximum atomic E-state index is 12.7. The van der Waals surface area contributed by atoms with Gasteiger partial charge >= 0.3 is 35.8 Å². The molecule has 5 amide bonds. The van der Waals surface area contributed by atoms with Crippen LogP contribution in [0.1, 0.15) is 213 Å². The molecule has 25 atom stereocenters. The number of nitrogens with one attached hydrogen (secondary N) is 6. The Balaban J connectivity index is -0.000000650. The number of carbonyl (C=O) groups is 11. The molecular weight excluding hydrogens is 1740 g/mol. The van der Waals surface area contributed by atoms with Gasteiger partial charge < -0.3 is 84.4 Å². The number of allylic oxidation sites excluding steroid dienone is 1. The van der Waals surface area contributed by atoms with E-state index in [1.807, 2.05) is 83.1 Å². The summed E-state index contributed by atoms with van der Waals surface area (Å²) >= 11 is 9.20. The van der Waals surface area contributed by atoms with Gasteiger partial charge in [-0.15, -0.1) is 28.7 Å². The van der Waals surface area contributed by atoms with Gasteiger partial charge in [-0.3, -0.25) is 58.1 Å². The summed E-state index contributed by atoms with van der Waals surface area (Å²) in [7, 11) is -3.74. The van der Waals surface area contributed by atoms with Gasteiger partial charge in [0.15, 0.2) is 20.4 Å². The van der Waals surface area contributed by atoms with E-state index in [0.29, 0.717) is 18.4 Å². The molecule has 0 radical (unpaired) electrons. The van der Waals surface area contributed by atoms with E-state index >= 15 is 0 Å². The Kier molecular flexibility index (Phi) is 57.6. The van der Waals surface area contributed by atoms with Crippen LogP contribution in [0.15, 0.2) is 36.5 Å². The fourth-order valence-corrected chi connectivity index (χ4v) is 17.5. The Labute approximate surface area is 713 Å². The first-order valence-electron chi connectivity index (χ1n) is 37.0. The first-order valence-corrected chi connectivity index (χ1v) is 42.7. The highest BCUT2D eigenvalue weighted by atomic mass is 79.9. The van der Waals surface area contributed by atoms with Crippen molar-refractivity contribution in [3.63, 3.8) is 0 Å². The van der Waals surface area contributed by atoms with Crippen LogP contribution in [-0.2, 0) is 115 Å². The average Bonchev–Trinajstić information content (AvgIpc) is 0.866. The molecule has 662 valence electrons. The second kappa shape index (κ2) is 57.0. The normalized spacial score (nSPS) is 30.4. The van der Waals surface area contributed by atoms with E-state index in [1.54, 1.807) is 18.7 Å². The number of esters is 6. The Hall–Kier alpha value is -5.25. The van der Waals surface area contributed by atoms with Crippen LogP contribution in [-0.4, -0.2) is 215 Å². The van der Waals surface area contributed by atoms with Gasteiger partial charge in [0.05, 0.1) is 36.3 Å². The van der Waals surface area contributed by atoms with Gasteiger partial charge in [-0.1, -0.05) is 164 Å². The number of rotatable bonds is 24. The van der Waals surface area contributed by atoms with Crippen LogP contribution < -0.4 is 32.3 Å². The summed E-state index contributed by atoms with van der Waals surface area (Å²) in [5, 5.41) is 21.5. The molecule has 5 aliphatic rings. The SMILES string of the molecule is Br.C.C.C=C(C)CBr.C=C(C)CS(=O)(=O)C1O[C@H](CC)[C@@H](C)[C@H](OC(C)=O)[C@H]1NC(C)=O.C=C(C)CSC1O[C@H](CC)[C@@H](C)[C@H](OC(C)=O)[C@H]1NC(C)=O.CC[C@H]1OC(Br)[C@H](NC(C)=O)[C@@H](OC(C)=O)[C@@H]1C.CC[C@H]1OC(OC(C)=O)[C@H](NC(C)=O)[C@@H](OC(C)=O)[C@@H]1C.CC[C@H]1OC(SC(=N)N)[C@H](NC(C)=O)[C@@H](OC(C)=O)[C@@H]1C. The molecule has 5 heterocycles. The first-order chi connectivity index (χ1) is 51.4. The van der Waals surface area contributed by atoms with Crippen LogP contribution in [0.3, 0.4) is 0 Å². The van der Waals surface area contributed by atoms with Gasteiger partial charge in [0, 0.05) is 117 Å². The summed E-state index contributed by atoms with van der Waals surface area (Å²) in [6.07, 6.45) is -0.788. The number of thioether (sulfide) groups is 2. The molecule has 5 unspecified atom stereocenters. The molecule has 5 rings (SSSR count). The van der Waals surface area contributed by atoms with E-state index in [0.717, 1.165) is 47.7 Å². The van der Waals surface area contributed by atoms with E-state index in [9.17, 15) is 61.2 Å². The minimum absolute atomic E-state index is 0. The van der Waals surface area contributed by atoms with E-state index in [4.69, 9.17) is 63.2 Å². The summed E-state index contributed by atoms with van der Waals surface area (Å²) in [5.41, 5.74) is 6.00. The van der Waals surface area contributed by atoms with E-state index in [-0.39, 0.29) is 167 Å². The zero-order chi connectivity index (χ0) is 86.0. The highest BCUT2D eigenvalue weighted by Crippen LogP contribution is 2.39. The van der Waals surface area contributed by atoms with Crippen molar-refractivity contribution in [3.05, 3.63) is 36.5 Å². The summed E-state index contributed by atoms with van der Waals surface area (Å²) in [5.74, 6) is -3.87. The topological polar surface area (TPSA) is 433 Å². The molecule has 37 heteroatoms. The van der Waals surface area contributed by atoms with Crippen molar-refractivity contribution in [2.24, 2.45) is 35.3 Å². The number of carbonyl (C=O) groups excluding carboxylic acids is 11. The van der Waals surface area contributed by atoms with E-state index in [2.05, 4.69) is 78.2 Å². The smallest absolute Gasteiger partial charge is 0.305 e. The van der Waals surface area contributed by atoms with Crippen LogP contribution in [0.4, 0.5) is 0 Å². The minimum Gasteiger partial charge on any atom is -0.460 e. The Morgan fingerprint density at radius 1 is 0.421 bits per heavy atom. The lowest BCUT2D eigenvalue weighted by Gasteiger charge is -2.45. The van der Waals surface area contributed by atoms with Crippen molar-refractivity contribution in [3.8, 4) is 0 Å². The van der Waals surface area contributed by atoms with Crippen LogP contribution in [0.2, 0.25) is 0 Å². The number of nitrogens with two attached hydrogens (primary N) is 1. The summed E-state index contributed by atoms with van der Waals surface area (Å²) in [6, 6.07) is -2.97. The number of alkyl halides is 2. The summed E-state index contributed by atoms with van der Waals surface area (Å²) in [6.45, 7) is 50.9. The van der Waals surface area contributed by atoms with Crippen LogP contribution in [0.25, 0.3) is 0 Å². The van der Waals surface area contributed by atoms with Gasteiger partial charge in [0.25, 0.3) is 0 Å². The maximum absolute atomic E-state index is 12.7. The highest BCUT2D eigenvalue weighted by Gasteiger charge is 2.53. The second-order valence-corrected chi connectivity index (χ2v) is 34.0. The third kappa shape index (κ3) is 40.9. The number of sulfone groups is 1. The van der Waals surface area contributed by atoms with E-state index in [1.165, 1.54) is 81.7 Å². The van der Waals surface area contributed by atoms with Gasteiger partial charge in [0.1, 0.15) is 76.6 Å². The van der Waals surface area contributed by atoms with Crippen molar-refractivity contribution in [2.45, 2.75) is 332 Å². The fourth-order valence-electron chi connectivity index (χ4n) is 13.1. The van der Waals surface area contributed by atoms with Crippen LogP contribution in [0.5, 0.6) is 0 Å². The molecule has 0 saturated carbocycles. The van der Waals surface area contributed by atoms with Gasteiger partial charge in [-0.25, -0.2) is 8.42 Å². The molecule has 114 heavy (non-hydrogen) atoms. The zero-order valence-corrected chi connectivity index (χ0v) is 76.8. The molecule has 0 aliphatic carbocycles. The third-order valence-corrected chi connectivity index (χ3v) is 23.7. The number of hydrogen-bond donors (Lipinski definition) is 7. The number of amides is 5. The van der Waals surface area contributed by atoms with Crippen LogP contribution in [0, 0.1) is 35.0 Å². The minimum atomic E-state index is -3.74. The molecule has 0 aromatic carbocycles. The number of halogens is 3. The molecule has 5 fully saturated rings. The van der Waals surface area contributed by atoms with Crippen molar-refractivity contribution >= 4 is 153 Å². The number of ether oxygens (including phenoxy) is 11. The third-order valence-electron chi connectivity index (χ3n) is 17.7. The standard InChI is InChI=1S/C16H27NO6S.C16H27NO4S.C14H23NO6.C13H23N3O4S.C12H20BrNO4.C4H7Br.2CH4.BrH/c1-7-13-10(4)15(22-12(6)19)14(17-11(5)18)16(23-13)24(20,21)8-9(2)3;1-7-13-10(4)15(20-12(6)19)14(17-11(5)18)16(21-13)22-8-9(2)3;1-6-11-7(2)13(19-9(4)17)12(15-8(3)16)14(21-11)20-10(5)18;1-5-9-6(2)11(19-8(4)18)10(16-7(3)17)12(20-9)21-13(14)15;1-5-9-6(2)11(17-8(4)16)10(12(13)18-9)14-7(3)15;1-4(2)3-5;;;/h10,13-16H,2,7-8H2,1,3-6H3,(H,17,18);10,13-16H,2,7-8H2,1,3-6H3,(H,17,18);7,11-14H,6H2,1-5H3,(H,15,16);6,9-12H,5H2,1-4H3,(H3,14,15)(H,16,17);6,9-12H,5H2,1-4H3,(H,14,15);1,3H2,2H3;2*1H4;1H/t2*10-,13-,14-,15+,16?;7-,11-,12-,13+,14?;2*6-,9-,10-,11+,12?;;;;/m11111..../s1. The molecule has 8 N–H and O–H groups in total. The molecule has 31 nitrogen and oxygen atoms in total. The lowest BCUT2D eigenvalue weighted by Crippen LogP contribution is -2.63. The molecule has 5 saturated heterocycles. The van der Waals surface area contributed by atoms with Gasteiger partial charge in [0.2, 0.25) is 35.8 Å². The lowest BCUT2D eigenvalue weighted by atomic mass is 9.87. The Morgan fingerprint density at radius 2 is 0.693 bits per heavy atom. The molecule has 5 aliphatic heterocycles. The van der Waals surface area contributed by atoms with Crippen molar-refractivity contribution < 1.29 is 113 Å². The van der Waals surface area contributed by atoms with Crippen molar-refractivity contribution in [2.75, 3.05) is 16.8 Å². The second-order valence-electron chi connectivity index (χ2n) is 28.3. The Morgan fingerprint density at radius 3 is 1.00 bits per heavy atom. The van der Waals surface area contributed by atoms with Gasteiger partial charge in [-0.2, -0.15) is 0 Å². The quantitative estimate of drug-likeness (QED) is 0.0118. The fraction of sp³-hybridized carbons (Fsp3) is 0.766.